The van der Waals surface area contributed by atoms with Gasteiger partial charge in [-0.3, -0.25) is 4.99 Å². The molecule has 2 rings (SSSR count). The summed E-state index contributed by atoms with van der Waals surface area (Å²) in [6.07, 6.45) is 4.12. The molecule has 1 aliphatic heterocycles. The quantitative estimate of drug-likeness (QED) is 0.551. The van der Waals surface area contributed by atoms with E-state index >= 15 is 0 Å². The van der Waals surface area contributed by atoms with E-state index in [-0.39, 0.29) is 18.8 Å². The Balaban J connectivity index is 2.13. The molecular weight excluding hydrogens is 338 g/mol. The van der Waals surface area contributed by atoms with Gasteiger partial charge in [-0.25, -0.2) is 10.0 Å². The molecule has 0 aromatic rings. The fourth-order valence-corrected chi connectivity index (χ4v) is 3.76. The summed E-state index contributed by atoms with van der Waals surface area (Å²) in [6.45, 7) is 9.45. The summed E-state index contributed by atoms with van der Waals surface area (Å²) in [5, 5.41) is 20.6. The van der Waals surface area contributed by atoms with E-state index in [0.29, 0.717) is 6.61 Å². The summed E-state index contributed by atoms with van der Waals surface area (Å²) in [5.74, 6) is 1.88. The Kier molecular flexibility index (Phi) is 7.83. The van der Waals surface area contributed by atoms with E-state index < -0.39 is 5.54 Å². The lowest BCUT2D eigenvalue weighted by Gasteiger charge is -2.25. The van der Waals surface area contributed by atoms with Crippen molar-refractivity contribution in [2.75, 3.05) is 25.5 Å². The molecule has 25 heavy (non-hydrogen) atoms. The lowest BCUT2D eigenvalue weighted by Crippen LogP contribution is -2.41. The zero-order chi connectivity index (χ0) is 18.3. The first-order valence-electron chi connectivity index (χ1n) is 9.22. The van der Waals surface area contributed by atoms with Crippen molar-refractivity contribution in [2.45, 2.75) is 71.1 Å². The average molecular weight is 370 g/mol. The number of hydrogen-bond acceptors (Lipinski definition) is 6. The SMILES string of the molecule is CCCSC(=NCC)/N=C1/N([C@H]2CCC(OCCO)C2)N=NC1(C)C. The van der Waals surface area contributed by atoms with E-state index in [4.69, 9.17) is 14.8 Å². The van der Waals surface area contributed by atoms with Gasteiger partial charge in [-0.15, -0.1) is 0 Å². The number of aliphatic imine (C=N–C) groups is 2. The molecular formula is C17H31N5O2S. The summed E-state index contributed by atoms with van der Waals surface area (Å²) in [4.78, 5) is 9.39. The smallest absolute Gasteiger partial charge is 0.184 e. The van der Waals surface area contributed by atoms with Gasteiger partial charge in [-0.1, -0.05) is 23.9 Å². The van der Waals surface area contributed by atoms with Crippen LogP contribution in [0.5, 0.6) is 0 Å². The summed E-state index contributed by atoms with van der Waals surface area (Å²) < 4.78 is 5.69. The molecule has 1 N–H and O–H groups in total. The van der Waals surface area contributed by atoms with Gasteiger partial charge in [0.2, 0.25) is 0 Å². The summed E-state index contributed by atoms with van der Waals surface area (Å²) in [7, 11) is 0. The molecule has 1 saturated carbocycles. The highest BCUT2D eigenvalue weighted by Crippen LogP contribution is 2.33. The topological polar surface area (TPSA) is 82.1 Å². The number of rotatable bonds is 7. The standard InChI is InChI=1S/C17H31N5O2S/c1-5-11-25-16(18-6-2)19-15-17(3,4)20-21-22(15)13-7-8-14(12-13)24-10-9-23/h13-14,23H,5-12H2,1-4H3/b18-16?,19-15+/t13-,14?/m0/s1. The molecule has 0 aromatic carbocycles. The molecule has 2 aliphatic rings. The van der Waals surface area contributed by atoms with Crippen LogP contribution in [0, 0.1) is 0 Å². The second-order valence-corrected chi connectivity index (χ2v) is 7.88. The Morgan fingerprint density at radius 2 is 2.20 bits per heavy atom. The molecule has 0 spiro atoms. The van der Waals surface area contributed by atoms with E-state index in [1.54, 1.807) is 11.8 Å². The predicted molar refractivity (Wildman–Crippen MR) is 103 cm³/mol. The Morgan fingerprint density at radius 3 is 2.88 bits per heavy atom. The van der Waals surface area contributed by atoms with Crippen LogP contribution in [-0.2, 0) is 4.74 Å². The molecule has 0 saturated heterocycles. The lowest BCUT2D eigenvalue weighted by molar-refractivity contribution is 0.0301. The summed E-state index contributed by atoms with van der Waals surface area (Å²) in [6, 6.07) is 0.243. The largest absolute Gasteiger partial charge is 0.394 e. The van der Waals surface area contributed by atoms with Crippen LogP contribution < -0.4 is 0 Å². The Hall–Kier alpha value is -0.990. The Morgan fingerprint density at radius 1 is 1.40 bits per heavy atom. The highest BCUT2D eigenvalue weighted by atomic mass is 32.2. The molecule has 1 unspecified atom stereocenters. The lowest BCUT2D eigenvalue weighted by atomic mass is 10.0. The van der Waals surface area contributed by atoms with Crippen molar-refractivity contribution in [2.24, 2.45) is 20.3 Å². The second-order valence-electron chi connectivity index (χ2n) is 6.82. The van der Waals surface area contributed by atoms with Crippen molar-refractivity contribution < 1.29 is 9.84 Å². The Bertz CT molecular complexity index is 521. The molecule has 0 bridgehead atoms. The molecule has 8 heteroatoms. The molecule has 0 aromatic heterocycles. The van der Waals surface area contributed by atoms with Crippen LogP contribution in [0.15, 0.2) is 20.3 Å². The van der Waals surface area contributed by atoms with Crippen LogP contribution in [0.3, 0.4) is 0 Å². The van der Waals surface area contributed by atoms with E-state index in [1.165, 1.54) is 0 Å². The maximum Gasteiger partial charge on any atom is 0.184 e. The maximum absolute atomic E-state index is 8.93. The highest BCUT2D eigenvalue weighted by molar-refractivity contribution is 8.13. The molecule has 7 nitrogen and oxygen atoms in total. The fraction of sp³-hybridized carbons (Fsp3) is 0.882. The molecule has 1 aliphatic carbocycles. The van der Waals surface area contributed by atoms with Crippen LogP contribution >= 0.6 is 11.8 Å². The first kappa shape index (κ1) is 20.3. The van der Waals surface area contributed by atoms with Gasteiger partial charge in [-0.05, 0) is 46.5 Å². The Labute approximate surface area is 155 Å². The normalized spacial score (nSPS) is 27.6. The van der Waals surface area contributed by atoms with Crippen LogP contribution in [-0.4, -0.2) is 64.3 Å². The number of amidine groups is 2. The molecule has 1 heterocycles. The van der Waals surface area contributed by atoms with Crippen LogP contribution in [0.1, 0.15) is 53.4 Å². The number of aliphatic hydroxyl groups excluding tert-OH is 1. The predicted octanol–water partition coefficient (Wildman–Crippen LogP) is 3.30. The number of nitrogens with zero attached hydrogens (tertiary/aromatic N) is 5. The van der Waals surface area contributed by atoms with Crippen molar-refractivity contribution in [3.05, 3.63) is 0 Å². The minimum Gasteiger partial charge on any atom is -0.394 e. The minimum atomic E-state index is -0.439. The highest BCUT2D eigenvalue weighted by Gasteiger charge is 2.42. The number of hydrogen-bond donors (Lipinski definition) is 1. The second kappa shape index (κ2) is 9.64. The van der Waals surface area contributed by atoms with Crippen LogP contribution in [0.25, 0.3) is 0 Å². The summed E-state index contributed by atoms with van der Waals surface area (Å²) in [5.41, 5.74) is -0.439. The van der Waals surface area contributed by atoms with Gasteiger partial charge in [0.1, 0.15) is 5.54 Å². The number of aliphatic hydroxyl groups is 1. The first-order valence-corrected chi connectivity index (χ1v) is 10.2. The van der Waals surface area contributed by atoms with Crippen molar-refractivity contribution in [1.29, 1.82) is 0 Å². The van der Waals surface area contributed by atoms with Gasteiger partial charge in [-0.2, -0.15) is 5.11 Å². The van der Waals surface area contributed by atoms with Gasteiger partial charge in [0.05, 0.1) is 25.4 Å². The molecule has 2 atom stereocenters. The van der Waals surface area contributed by atoms with Crippen molar-refractivity contribution >= 4 is 22.8 Å². The molecule has 1 fully saturated rings. The summed E-state index contributed by atoms with van der Waals surface area (Å²) >= 11 is 1.69. The van der Waals surface area contributed by atoms with Crippen molar-refractivity contribution in [1.82, 2.24) is 5.01 Å². The zero-order valence-corrected chi connectivity index (χ0v) is 16.6. The van der Waals surface area contributed by atoms with E-state index in [0.717, 1.165) is 49.0 Å². The van der Waals surface area contributed by atoms with Crippen molar-refractivity contribution in [3.8, 4) is 0 Å². The molecule has 0 amide bonds. The van der Waals surface area contributed by atoms with E-state index in [9.17, 15) is 0 Å². The third-order valence-corrected chi connectivity index (χ3v) is 5.32. The third kappa shape index (κ3) is 5.49. The van der Waals surface area contributed by atoms with Gasteiger partial charge in [0.15, 0.2) is 11.0 Å². The average Bonchev–Trinajstić information content (AvgIpc) is 3.16. The fourth-order valence-electron chi connectivity index (χ4n) is 3.00. The molecule has 142 valence electrons. The van der Waals surface area contributed by atoms with Crippen LogP contribution in [0.4, 0.5) is 0 Å². The first-order chi connectivity index (χ1) is 12.0. The maximum atomic E-state index is 8.93. The minimum absolute atomic E-state index is 0.0653. The van der Waals surface area contributed by atoms with Gasteiger partial charge in [0.25, 0.3) is 0 Å². The van der Waals surface area contributed by atoms with Crippen LogP contribution in [0.2, 0.25) is 0 Å². The third-order valence-electron chi connectivity index (χ3n) is 4.23. The van der Waals surface area contributed by atoms with E-state index in [1.807, 2.05) is 25.8 Å². The van der Waals surface area contributed by atoms with E-state index in [2.05, 4.69) is 22.3 Å². The monoisotopic (exact) mass is 369 g/mol. The zero-order valence-electron chi connectivity index (χ0n) is 15.8. The number of ether oxygens (including phenoxy) is 1. The van der Waals surface area contributed by atoms with Gasteiger partial charge < -0.3 is 9.84 Å². The van der Waals surface area contributed by atoms with Gasteiger partial charge in [0, 0.05) is 12.3 Å². The van der Waals surface area contributed by atoms with Crippen molar-refractivity contribution in [3.63, 3.8) is 0 Å². The molecule has 0 radical (unpaired) electrons. The number of thioether (sulfide) groups is 1. The van der Waals surface area contributed by atoms with Gasteiger partial charge >= 0.3 is 0 Å².